The molecule has 0 unspecified atom stereocenters. The summed E-state index contributed by atoms with van der Waals surface area (Å²) in [5.74, 6) is -0.828. The molecule has 256 valence electrons. The van der Waals surface area contributed by atoms with Crippen LogP contribution in [0.25, 0.3) is 0 Å². The fraction of sp³-hybridized carbons (Fsp3) is 0.583. The summed E-state index contributed by atoms with van der Waals surface area (Å²) in [6.45, 7) is 15.4. The summed E-state index contributed by atoms with van der Waals surface area (Å²) >= 11 is 0. The Kier molecular flexibility index (Phi) is 10.3. The minimum absolute atomic E-state index is 0.120. The SMILES string of the molecule is COC(=O)[C@@]1(C)CN(C(=O)CN2C[C@@H](C)N(C(=O)OC(C)(C)C)C[C@@H]2CN2CCOC[C@H]2C)c2cc(Cc3ccc(F)cc3)ccc21. The molecule has 11 heteroatoms. The predicted octanol–water partition coefficient (Wildman–Crippen LogP) is 4.22. The number of carbonyl (C=O) groups is 3. The van der Waals surface area contributed by atoms with Crippen molar-refractivity contribution in [2.75, 3.05) is 64.5 Å². The molecule has 2 amide bonds. The van der Waals surface area contributed by atoms with Crippen LogP contribution in [0.5, 0.6) is 0 Å². The van der Waals surface area contributed by atoms with Gasteiger partial charge in [0.25, 0.3) is 0 Å². The van der Waals surface area contributed by atoms with E-state index in [0.29, 0.717) is 45.0 Å². The molecule has 3 heterocycles. The average molecular weight is 653 g/mol. The Morgan fingerprint density at radius 1 is 1.00 bits per heavy atom. The van der Waals surface area contributed by atoms with E-state index >= 15 is 0 Å². The molecule has 4 atom stereocenters. The van der Waals surface area contributed by atoms with Crippen molar-refractivity contribution in [3.05, 3.63) is 65.0 Å². The molecule has 0 saturated carbocycles. The maximum absolute atomic E-state index is 14.3. The van der Waals surface area contributed by atoms with E-state index in [1.54, 1.807) is 21.9 Å². The first-order valence-electron chi connectivity index (χ1n) is 16.5. The maximum atomic E-state index is 14.3. The van der Waals surface area contributed by atoms with Crippen LogP contribution in [-0.2, 0) is 35.6 Å². The summed E-state index contributed by atoms with van der Waals surface area (Å²) in [4.78, 5) is 48.8. The Morgan fingerprint density at radius 2 is 1.70 bits per heavy atom. The minimum atomic E-state index is -1.03. The normalized spacial score (nSPS) is 25.4. The van der Waals surface area contributed by atoms with Gasteiger partial charge in [0, 0.05) is 56.5 Å². The van der Waals surface area contributed by atoms with Crippen LogP contribution in [0.2, 0.25) is 0 Å². The van der Waals surface area contributed by atoms with Gasteiger partial charge in [-0.15, -0.1) is 0 Å². The first kappa shape index (κ1) is 34.8. The van der Waals surface area contributed by atoms with Crippen LogP contribution in [-0.4, -0.2) is 116 Å². The first-order valence-corrected chi connectivity index (χ1v) is 16.5. The standard InChI is InChI=1S/C36H49FN4O6/c1-24-18-39(29(19-38-14-15-46-22-25(38)2)20-40(24)34(44)47-35(3,4)5)21-32(42)41-23-36(6,33(43)45-7)30-13-10-27(17-31(30)41)16-26-8-11-28(37)12-9-26/h8-13,17,24-25,29H,14-16,18-23H2,1-7H3/t24-,25-,29+,36+/m1/s1. The number of ether oxygens (including phenoxy) is 3. The van der Waals surface area contributed by atoms with Crippen LogP contribution in [0.4, 0.5) is 14.9 Å². The van der Waals surface area contributed by atoms with Gasteiger partial charge < -0.3 is 24.0 Å². The fourth-order valence-electron chi connectivity index (χ4n) is 6.94. The van der Waals surface area contributed by atoms with E-state index in [1.165, 1.54) is 19.2 Å². The van der Waals surface area contributed by atoms with Crippen LogP contribution in [0.15, 0.2) is 42.5 Å². The van der Waals surface area contributed by atoms with E-state index in [9.17, 15) is 18.8 Å². The summed E-state index contributed by atoms with van der Waals surface area (Å²) in [6, 6.07) is 12.1. The number of hydrogen-bond donors (Lipinski definition) is 0. The summed E-state index contributed by atoms with van der Waals surface area (Å²) < 4.78 is 30.2. The number of piperazine rings is 1. The highest BCUT2D eigenvalue weighted by atomic mass is 19.1. The second-order valence-corrected chi connectivity index (χ2v) is 14.4. The molecule has 0 bridgehead atoms. The lowest BCUT2D eigenvalue weighted by atomic mass is 9.84. The zero-order valence-corrected chi connectivity index (χ0v) is 28.8. The molecule has 2 saturated heterocycles. The number of halogens is 1. The quantitative estimate of drug-likeness (QED) is 0.411. The number of carbonyl (C=O) groups excluding carboxylic acids is 3. The molecule has 0 aliphatic carbocycles. The number of rotatable bonds is 7. The second-order valence-electron chi connectivity index (χ2n) is 14.4. The van der Waals surface area contributed by atoms with E-state index in [1.807, 2.05) is 52.8 Å². The maximum Gasteiger partial charge on any atom is 0.410 e. The molecule has 3 aliphatic heterocycles. The van der Waals surface area contributed by atoms with Crippen LogP contribution in [0.1, 0.15) is 58.2 Å². The van der Waals surface area contributed by atoms with Crippen molar-refractivity contribution in [1.29, 1.82) is 0 Å². The molecule has 47 heavy (non-hydrogen) atoms. The summed E-state index contributed by atoms with van der Waals surface area (Å²) in [7, 11) is 1.36. The number of anilines is 1. The van der Waals surface area contributed by atoms with Gasteiger partial charge in [0.15, 0.2) is 0 Å². The zero-order chi connectivity index (χ0) is 34.1. The van der Waals surface area contributed by atoms with Gasteiger partial charge in [0.2, 0.25) is 5.91 Å². The summed E-state index contributed by atoms with van der Waals surface area (Å²) in [6.07, 6.45) is 0.195. The number of benzene rings is 2. The lowest BCUT2D eigenvalue weighted by molar-refractivity contribution is -0.146. The third-order valence-electron chi connectivity index (χ3n) is 9.55. The van der Waals surface area contributed by atoms with E-state index in [2.05, 4.69) is 16.7 Å². The number of hydrogen-bond acceptors (Lipinski definition) is 8. The van der Waals surface area contributed by atoms with Crippen LogP contribution in [0.3, 0.4) is 0 Å². The number of methoxy groups -OCH3 is 1. The molecule has 2 aromatic rings. The van der Waals surface area contributed by atoms with Gasteiger partial charge in [0.05, 0.1) is 26.9 Å². The molecule has 0 radical (unpaired) electrons. The number of fused-ring (bicyclic) bond motifs is 1. The molecule has 0 N–H and O–H groups in total. The Hall–Kier alpha value is -3.54. The molecule has 0 spiro atoms. The van der Waals surface area contributed by atoms with Gasteiger partial charge in [-0.3, -0.25) is 19.4 Å². The zero-order valence-electron chi connectivity index (χ0n) is 28.8. The number of morpholine rings is 1. The third-order valence-corrected chi connectivity index (χ3v) is 9.55. The molecule has 5 rings (SSSR count). The summed E-state index contributed by atoms with van der Waals surface area (Å²) in [5, 5.41) is 0. The van der Waals surface area contributed by atoms with E-state index in [-0.39, 0.29) is 49.0 Å². The van der Waals surface area contributed by atoms with Crippen molar-refractivity contribution in [3.8, 4) is 0 Å². The van der Waals surface area contributed by atoms with Crippen LogP contribution >= 0.6 is 0 Å². The summed E-state index contributed by atoms with van der Waals surface area (Å²) in [5.41, 5.74) is 1.66. The fourth-order valence-corrected chi connectivity index (χ4v) is 6.94. The smallest absolute Gasteiger partial charge is 0.410 e. The molecule has 10 nitrogen and oxygen atoms in total. The van der Waals surface area contributed by atoms with Crippen LogP contribution < -0.4 is 4.90 Å². The monoisotopic (exact) mass is 652 g/mol. The molecule has 0 aromatic heterocycles. The number of esters is 1. The van der Waals surface area contributed by atoms with Crippen LogP contribution in [0, 0.1) is 5.82 Å². The highest BCUT2D eigenvalue weighted by molar-refractivity contribution is 6.02. The van der Waals surface area contributed by atoms with E-state index < -0.39 is 17.0 Å². The first-order chi connectivity index (χ1) is 22.2. The van der Waals surface area contributed by atoms with Crippen molar-refractivity contribution in [2.24, 2.45) is 0 Å². The molecular weight excluding hydrogens is 603 g/mol. The molecule has 2 aromatic carbocycles. The largest absolute Gasteiger partial charge is 0.468 e. The van der Waals surface area contributed by atoms with Gasteiger partial charge >= 0.3 is 12.1 Å². The second kappa shape index (κ2) is 13.9. The lowest BCUT2D eigenvalue weighted by Crippen LogP contribution is -2.64. The van der Waals surface area contributed by atoms with Crippen molar-refractivity contribution >= 4 is 23.7 Å². The Labute approximate surface area is 277 Å². The van der Waals surface area contributed by atoms with Crippen molar-refractivity contribution < 1.29 is 33.0 Å². The van der Waals surface area contributed by atoms with E-state index in [4.69, 9.17) is 14.2 Å². The number of nitrogens with zero attached hydrogens (tertiary/aromatic N) is 4. The highest BCUT2D eigenvalue weighted by Crippen LogP contribution is 2.42. The van der Waals surface area contributed by atoms with Crippen molar-refractivity contribution in [3.63, 3.8) is 0 Å². The third kappa shape index (κ3) is 7.79. The van der Waals surface area contributed by atoms with Crippen molar-refractivity contribution in [1.82, 2.24) is 14.7 Å². The highest BCUT2D eigenvalue weighted by Gasteiger charge is 2.48. The van der Waals surface area contributed by atoms with Gasteiger partial charge in [-0.2, -0.15) is 0 Å². The Balaban J connectivity index is 1.41. The number of amides is 2. The Bertz CT molecular complexity index is 1460. The molecular formula is C36H49FN4O6. The van der Waals surface area contributed by atoms with Gasteiger partial charge in [-0.25, -0.2) is 9.18 Å². The average Bonchev–Trinajstić information content (AvgIpc) is 3.32. The van der Waals surface area contributed by atoms with Gasteiger partial charge in [-0.05, 0) is 82.9 Å². The predicted molar refractivity (Wildman–Crippen MR) is 177 cm³/mol. The molecule has 2 fully saturated rings. The Morgan fingerprint density at radius 3 is 2.36 bits per heavy atom. The van der Waals surface area contributed by atoms with Gasteiger partial charge in [-0.1, -0.05) is 24.3 Å². The molecule has 3 aliphatic rings. The van der Waals surface area contributed by atoms with Crippen molar-refractivity contribution in [2.45, 2.75) is 77.1 Å². The van der Waals surface area contributed by atoms with E-state index in [0.717, 1.165) is 23.2 Å². The minimum Gasteiger partial charge on any atom is -0.468 e. The van der Waals surface area contributed by atoms with Gasteiger partial charge in [0.1, 0.15) is 16.8 Å². The lowest BCUT2D eigenvalue weighted by Gasteiger charge is -2.47. The topological polar surface area (TPSA) is 91.9 Å².